The summed E-state index contributed by atoms with van der Waals surface area (Å²) < 4.78 is 29.1. The van der Waals surface area contributed by atoms with Gasteiger partial charge in [0.05, 0.1) is 12.8 Å². The summed E-state index contributed by atoms with van der Waals surface area (Å²) in [7, 11) is 1.24. The molecule has 1 amide bonds. The van der Waals surface area contributed by atoms with Gasteiger partial charge < -0.3 is 14.2 Å². The van der Waals surface area contributed by atoms with Crippen LogP contribution in [0.3, 0.4) is 0 Å². The lowest BCUT2D eigenvalue weighted by Crippen LogP contribution is -2.27. The lowest BCUT2D eigenvalue weighted by Gasteiger charge is -2.19. The second-order valence-electron chi connectivity index (χ2n) is 5.86. The highest BCUT2D eigenvalue weighted by Gasteiger charge is 2.18. The lowest BCUT2D eigenvalue weighted by molar-refractivity contribution is 0.0592. The third-order valence-corrected chi connectivity index (χ3v) is 3.38. The molecule has 1 heterocycles. The van der Waals surface area contributed by atoms with Crippen LogP contribution in [0.4, 0.5) is 14.9 Å². The van der Waals surface area contributed by atoms with Gasteiger partial charge in [0.15, 0.2) is 11.5 Å². The fourth-order valence-corrected chi connectivity index (χ4v) is 2.33. The third-order valence-electron chi connectivity index (χ3n) is 2.66. The first-order valence-electron chi connectivity index (χ1n) is 7.19. The van der Waals surface area contributed by atoms with E-state index in [0.717, 1.165) is 17.4 Å². The third kappa shape index (κ3) is 5.42. The van der Waals surface area contributed by atoms with Crippen LogP contribution < -0.4 is 10.1 Å². The van der Waals surface area contributed by atoms with Crippen LogP contribution in [0.2, 0.25) is 0 Å². The molecule has 0 aliphatic rings. The number of ether oxygens (including phenoxy) is 3. The molecule has 9 heteroatoms. The Labute approximate surface area is 147 Å². The van der Waals surface area contributed by atoms with Gasteiger partial charge in [0.1, 0.15) is 11.4 Å². The molecular formula is C16H17FN2O5S. The summed E-state index contributed by atoms with van der Waals surface area (Å²) in [6.45, 7) is 5.11. The van der Waals surface area contributed by atoms with Crippen molar-refractivity contribution in [1.29, 1.82) is 0 Å². The number of rotatable bonds is 4. The molecule has 0 bridgehead atoms. The van der Waals surface area contributed by atoms with E-state index in [0.29, 0.717) is 0 Å². The van der Waals surface area contributed by atoms with Crippen LogP contribution in [0.15, 0.2) is 23.6 Å². The predicted molar refractivity (Wildman–Crippen MR) is 89.8 cm³/mol. The molecule has 0 radical (unpaired) electrons. The van der Waals surface area contributed by atoms with Gasteiger partial charge in [0.25, 0.3) is 5.19 Å². The van der Waals surface area contributed by atoms with Crippen molar-refractivity contribution in [3.63, 3.8) is 0 Å². The van der Waals surface area contributed by atoms with E-state index in [-0.39, 0.29) is 22.3 Å². The monoisotopic (exact) mass is 368 g/mol. The van der Waals surface area contributed by atoms with Crippen molar-refractivity contribution in [2.24, 2.45) is 0 Å². The van der Waals surface area contributed by atoms with Gasteiger partial charge in [0.2, 0.25) is 0 Å². The van der Waals surface area contributed by atoms with Crippen LogP contribution >= 0.6 is 11.3 Å². The first-order valence-corrected chi connectivity index (χ1v) is 8.07. The molecule has 0 saturated carbocycles. The van der Waals surface area contributed by atoms with Gasteiger partial charge >= 0.3 is 12.1 Å². The fraction of sp³-hybridized carbons (Fsp3) is 0.312. The number of anilines is 1. The lowest BCUT2D eigenvalue weighted by atomic mass is 10.2. The van der Waals surface area contributed by atoms with Crippen LogP contribution in [0.5, 0.6) is 10.9 Å². The van der Waals surface area contributed by atoms with E-state index in [2.05, 4.69) is 15.0 Å². The van der Waals surface area contributed by atoms with Crippen molar-refractivity contribution in [2.45, 2.75) is 26.4 Å². The number of carbonyl (C=O) groups is 2. The molecule has 134 valence electrons. The standard InChI is InChI=1S/C16H17FN2O5S/c1-16(2,3)24-14(21)18-11-6-5-9(7-10(11)17)23-15-19-12(8-25-15)13(20)22-4/h5-8H,1-4H3,(H,18,21). The summed E-state index contributed by atoms with van der Waals surface area (Å²) in [5.41, 5.74) is -0.631. The van der Waals surface area contributed by atoms with Gasteiger partial charge in [-0.3, -0.25) is 5.32 Å². The Hall–Kier alpha value is -2.68. The average molecular weight is 368 g/mol. The molecule has 0 unspecified atom stereocenters. The number of methoxy groups -OCH3 is 1. The highest BCUT2D eigenvalue weighted by atomic mass is 32.1. The zero-order chi connectivity index (χ0) is 18.6. The summed E-state index contributed by atoms with van der Waals surface area (Å²) in [6, 6.07) is 3.88. The minimum atomic E-state index is -0.761. The summed E-state index contributed by atoms with van der Waals surface area (Å²) in [4.78, 5) is 26.9. The van der Waals surface area contributed by atoms with Crippen molar-refractivity contribution in [3.8, 4) is 10.9 Å². The van der Waals surface area contributed by atoms with E-state index in [9.17, 15) is 14.0 Å². The summed E-state index contributed by atoms with van der Waals surface area (Å²) in [6.07, 6.45) is -0.761. The number of halogens is 1. The number of benzene rings is 1. The maximum absolute atomic E-state index is 14.1. The van der Waals surface area contributed by atoms with Crippen molar-refractivity contribution < 1.29 is 28.2 Å². The number of hydrogen-bond acceptors (Lipinski definition) is 7. The molecule has 1 N–H and O–H groups in total. The second kappa shape index (κ2) is 7.47. The number of thiazole rings is 1. The SMILES string of the molecule is COC(=O)c1csc(Oc2ccc(NC(=O)OC(C)(C)C)c(F)c2)n1. The zero-order valence-electron chi connectivity index (χ0n) is 14.1. The first-order chi connectivity index (χ1) is 11.7. The quantitative estimate of drug-likeness (QED) is 0.814. The molecule has 7 nitrogen and oxygen atoms in total. The Morgan fingerprint density at radius 2 is 2.00 bits per heavy atom. The smallest absolute Gasteiger partial charge is 0.412 e. The van der Waals surface area contributed by atoms with Crippen LogP contribution in [-0.4, -0.2) is 29.8 Å². The van der Waals surface area contributed by atoms with E-state index in [1.807, 2.05) is 0 Å². The molecule has 1 aromatic heterocycles. The Morgan fingerprint density at radius 3 is 2.60 bits per heavy atom. The summed E-state index contributed by atoms with van der Waals surface area (Å²) in [5.74, 6) is -1.12. The number of nitrogens with one attached hydrogen (secondary N) is 1. The molecular weight excluding hydrogens is 351 g/mol. The molecule has 0 spiro atoms. The van der Waals surface area contributed by atoms with E-state index in [1.165, 1.54) is 24.6 Å². The highest BCUT2D eigenvalue weighted by Crippen LogP contribution is 2.28. The van der Waals surface area contributed by atoms with Crippen LogP contribution in [-0.2, 0) is 9.47 Å². The Balaban J connectivity index is 2.05. The first kappa shape index (κ1) is 18.7. The number of esters is 1. The van der Waals surface area contributed by atoms with Gasteiger partial charge in [-0.25, -0.2) is 14.0 Å². The molecule has 0 atom stereocenters. The predicted octanol–water partition coefficient (Wildman–Crippen LogP) is 4.21. The van der Waals surface area contributed by atoms with Gasteiger partial charge in [-0.2, -0.15) is 4.98 Å². The number of hydrogen-bond donors (Lipinski definition) is 1. The van der Waals surface area contributed by atoms with Gasteiger partial charge in [-0.15, -0.1) is 0 Å². The zero-order valence-corrected chi connectivity index (χ0v) is 14.9. The van der Waals surface area contributed by atoms with Crippen molar-refractivity contribution in [3.05, 3.63) is 35.1 Å². The molecule has 0 fully saturated rings. The average Bonchev–Trinajstić information content (AvgIpc) is 2.96. The molecule has 2 rings (SSSR count). The van der Waals surface area contributed by atoms with E-state index >= 15 is 0 Å². The van der Waals surface area contributed by atoms with Crippen LogP contribution in [0.1, 0.15) is 31.3 Å². The Morgan fingerprint density at radius 1 is 1.28 bits per heavy atom. The molecule has 2 aromatic rings. The topological polar surface area (TPSA) is 86.8 Å². The minimum absolute atomic E-state index is 0.0454. The maximum Gasteiger partial charge on any atom is 0.412 e. The summed E-state index contributed by atoms with van der Waals surface area (Å²) in [5, 5.41) is 3.95. The molecule has 25 heavy (non-hydrogen) atoms. The van der Waals surface area contributed by atoms with Crippen LogP contribution in [0, 0.1) is 5.82 Å². The largest absolute Gasteiger partial charge is 0.464 e. The van der Waals surface area contributed by atoms with E-state index < -0.39 is 23.5 Å². The number of nitrogens with zero attached hydrogens (tertiary/aromatic N) is 1. The number of amides is 1. The van der Waals surface area contributed by atoms with Gasteiger partial charge in [-0.1, -0.05) is 11.3 Å². The minimum Gasteiger partial charge on any atom is -0.464 e. The number of carbonyl (C=O) groups excluding carboxylic acids is 2. The normalized spacial score (nSPS) is 10.9. The van der Waals surface area contributed by atoms with E-state index in [4.69, 9.17) is 9.47 Å². The molecule has 0 saturated heterocycles. The Kier molecular flexibility index (Phi) is 5.58. The summed E-state index contributed by atoms with van der Waals surface area (Å²) >= 11 is 1.07. The van der Waals surface area contributed by atoms with Crippen molar-refractivity contribution in [2.75, 3.05) is 12.4 Å². The fourth-order valence-electron chi connectivity index (χ4n) is 1.68. The molecule has 0 aliphatic carbocycles. The van der Waals surface area contributed by atoms with Gasteiger partial charge in [0, 0.05) is 11.4 Å². The maximum atomic E-state index is 14.1. The van der Waals surface area contributed by atoms with E-state index in [1.54, 1.807) is 20.8 Å². The molecule has 1 aromatic carbocycles. The molecule has 0 aliphatic heterocycles. The Bertz CT molecular complexity index is 785. The highest BCUT2D eigenvalue weighted by molar-refractivity contribution is 7.11. The van der Waals surface area contributed by atoms with Gasteiger partial charge in [-0.05, 0) is 32.9 Å². The van der Waals surface area contributed by atoms with Crippen molar-refractivity contribution in [1.82, 2.24) is 4.98 Å². The second-order valence-corrected chi connectivity index (χ2v) is 6.68. The van der Waals surface area contributed by atoms with Crippen LogP contribution in [0.25, 0.3) is 0 Å². The van der Waals surface area contributed by atoms with Crippen molar-refractivity contribution >= 4 is 29.1 Å². The number of aromatic nitrogens is 1.